The molecule has 3 unspecified atom stereocenters. The summed E-state index contributed by atoms with van der Waals surface area (Å²) in [6.07, 6.45) is 83.5. The lowest BCUT2D eigenvalue weighted by atomic mass is 10.0. The van der Waals surface area contributed by atoms with E-state index in [2.05, 4.69) is 135 Å². The second kappa shape index (κ2) is 59.6. The zero-order valence-corrected chi connectivity index (χ0v) is 53.9. The fourth-order valence-corrected chi connectivity index (χ4v) is 9.58. The summed E-state index contributed by atoms with van der Waals surface area (Å²) in [5.41, 5.74) is 0. The first kappa shape index (κ1) is 77.4. The van der Waals surface area contributed by atoms with Crippen LogP contribution < -0.4 is 5.32 Å². The monoisotopic (exact) mass is 1150 g/mol. The summed E-state index contributed by atoms with van der Waals surface area (Å²) in [6.45, 7) is 6.83. The standard InChI is InChI=1S/C71H123N2O7P/c1-7-10-13-16-19-22-25-28-30-32-33-34-35-36-37-38-39-41-42-45-48-51-54-57-60-63-70(74)72-68(67-79-81(76,77)78-66-65-73(4,5)6)69(62-59-56-53-50-47-44-27-24-21-18-15-12-9-3)80-71(75)64-61-58-55-52-49-46-43-40-31-29-26-23-20-17-14-11-8-2/h10,13,19-20,22-23,28-31,33-34,36-37,43,46,52,55,59,62,68-69H,7-9,11-12,14-18,21,24-27,32,35,38-42,44-45,47-51,53-54,56-58,60-61,63-67H2,1-6H3,(H-,72,74,76,77)/p+1/b13-10-,22-19-,23-20-,30-28-,31-29-,34-33-,37-36-,46-43-,55-52-,62-59-. The summed E-state index contributed by atoms with van der Waals surface area (Å²) in [4.78, 5) is 37.8. The first-order valence-electron chi connectivity index (χ1n) is 32.9. The minimum absolute atomic E-state index is 0.0246. The van der Waals surface area contributed by atoms with Crippen LogP contribution in [0.3, 0.4) is 0 Å². The third-order valence-corrected chi connectivity index (χ3v) is 14.9. The predicted molar refractivity (Wildman–Crippen MR) is 350 cm³/mol. The first-order valence-corrected chi connectivity index (χ1v) is 34.4. The van der Waals surface area contributed by atoms with Crippen LogP contribution in [0.4, 0.5) is 0 Å². The molecule has 0 saturated heterocycles. The molecule has 0 saturated carbocycles. The second-order valence-electron chi connectivity index (χ2n) is 22.9. The molecule has 0 aromatic carbocycles. The van der Waals surface area contributed by atoms with E-state index in [-0.39, 0.29) is 31.5 Å². The van der Waals surface area contributed by atoms with E-state index in [9.17, 15) is 19.0 Å². The molecule has 0 aliphatic rings. The number of carbonyl (C=O) groups is 2. The normalized spacial score (nSPS) is 14.4. The Labute approximate surface area is 499 Å². The number of nitrogens with one attached hydrogen (secondary N) is 1. The van der Waals surface area contributed by atoms with E-state index in [1.807, 2.05) is 33.3 Å². The van der Waals surface area contributed by atoms with Crippen molar-refractivity contribution in [2.45, 2.75) is 277 Å². The van der Waals surface area contributed by atoms with Crippen LogP contribution in [0.15, 0.2) is 122 Å². The van der Waals surface area contributed by atoms with Gasteiger partial charge in [-0.2, -0.15) is 0 Å². The lowest BCUT2D eigenvalue weighted by Gasteiger charge is -2.27. The lowest BCUT2D eigenvalue weighted by molar-refractivity contribution is -0.870. The molecule has 0 aliphatic heterocycles. The van der Waals surface area contributed by atoms with Crippen molar-refractivity contribution in [3.63, 3.8) is 0 Å². The zero-order chi connectivity index (χ0) is 59.3. The van der Waals surface area contributed by atoms with Crippen LogP contribution in [0.25, 0.3) is 0 Å². The first-order chi connectivity index (χ1) is 39.4. The highest BCUT2D eigenvalue weighted by molar-refractivity contribution is 7.47. The van der Waals surface area contributed by atoms with Gasteiger partial charge in [0, 0.05) is 12.8 Å². The molecule has 0 bridgehead atoms. The summed E-state index contributed by atoms with van der Waals surface area (Å²) < 4.78 is 30.7. The number of unbranched alkanes of at least 4 members (excludes halogenated alkanes) is 24. The number of amides is 1. The Hall–Kier alpha value is -3.59. The van der Waals surface area contributed by atoms with Crippen molar-refractivity contribution in [3.8, 4) is 0 Å². The molecule has 1 amide bonds. The van der Waals surface area contributed by atoms with Crippen molar-refractivity contribution in [1.29, 1.82) is 0 Å². The smallest absolute Gasteiger partial charge is 0.456 e. The quantitative estimate of drug-likeness (QED) is 0.0205. The number of quaternary nitrogens is 1. The van der Waals surface area contributed by atoms with Crippen molar-refractivity contribution >= 4 is 19.7 Å². The second-order valence-corrected chi connectivity index (χ2v) is 24.4. The summed E-state index contributed by atoms with van der Waals surface area (Å²) >= 11 is 0. The van der Waals surface area contributed by atoms with Gasteiger partial charge in [-0.25, -0.2) is 4.57 Å². The highest BCUT2D eigenvalue weighted by Crippen LogP contribution is 2.43. The number of likely N-dealkylation sites (N-methyl/N-ethyl adjacent to an activating group) is 1. The highest BCUT2D eigenvalue weighted by atomic mass is 31.2. The molecule has 464 valence electrons. The number of rotatable bonds is 58. The largest absolute Gasteiger partial charge is 0.472 e. The van der Waals surface area contributed by atoms with Gasteiger partial charge in [0.15, 0.2) is 0 Å². The number of nitrogens with zero attached hydrogens (tertiary/aromatic N) is 1. The third kappa shape index (κ3) is 60.8. The lowest BCUT2D eigenvalue weighted by Crippen LogP contribution is -2.47. The van der Waals surface area contributed by atoms with Crippen molar-refractivity contribution in [1.82, 2.24) is 5.32 Å². The molecule has 0 spiro atoms. The van der Waals surface area contributed by atoms with Crippen molar-refractivity contribution in [2.75, 3.05) is 40.9 Å². The van der Waals surface area contributed by atoms with Crippen molar-refractivity contribution in [2.24, 2.45) is 0 Å². The van der Waals surface area contributed by atoms with Crippen LogP contribution in [-0.2, 0) is 27.9 Å². The van der Waals surface area contributed by atoms with Crippen molar-refractivity contribution < 1.29 is 37.3 Å². The van der Waals surface area contributed by atoms with Gasteiger partial charge in [0.1, 0.15) is 19.3 Å². The molecule has 0 heterocycles. The van der Waals surface area contributed by atoms with E-state index in [4.69, 9.17) is 13.8 Å². The average Bonchev–Trinajstić information content (AvgIpc) is 3.44. The molecule has 10 heteroatoms. The number of phosphoric acid groups is 1. The number of carbonyl (C=O) groups excluding carboxylic acids is 2. The maximum absolute atomic E-state index is 13.6. The molecular formula is C71H124N2O7P+. The Morgan fingerprint density at radius 1 is 0.444 bits per heavy atom. The molecule has 3 atom stereocenters. The SMILES string of the molecule is CC/C=C\C/C=C\C/C=C\C/C=C\C/C=C\CCCCCCCCCCCC(=O)NC(COP(=O)(O)OCC[N+](C)(C)C)C(/C=C\CCCCCCCCCCCCC)OC(=O)CCC/C=C\C/C=C\C/C=C\C/C=C\CCCCC. The van der Waals surface area contributed by atoms with E-state index >= 15 is 0 Å². The minimum Gasteiger partial charge on any atom is -0.456 e. The fourth-order valence-electron chi connectivity index (χ4n) is 8.84. The summed E-state index contributed by atoms with van der Waals surface area (Å²) in [5, 5.41) is 3.04. The molecule has 2 N–H and O–H groups in total. The van der Waals surface area contributed by atoms with Gasteiger partial charge in [0.2, 0.25) is 5.91 Å². The molecule has 0 aliphatic carbocycles. The molecule has 0 rings (SSSR count). The maximum atomic E-state index is 13.6. The number of esters is 1. The Bertz CT molecular complexity index is 1800. The van der Waals surface area contributed by atoms with Gasteiger partial charge in [-0.3, -0.25) is 18.6 Å². The maximum Gasteiger partial charge on any atom is 0.472 e. The molecule has 0 fully saturated rings. The Morgan fingerprint density at radius 3 is 1.23 bits per heavy atom. The topological polar surface area (TPSA) is 111 Å². The van der Waals surface area contributed by atoms with Gasteiger partial charge >= 0.3 is 13.8 Å². The van der Waals surface area contributed by atoms with Crippen LogP contribution in [0, 0.1) is 0 Å². The van der Waals surface area contributed by atoms with Gasteiger partial charge in [-0.1, -0.05) is 258 Å². The van der Waals surface area contributed by atoms with Gasteiger partial charge in [0.05, 0.1) is 33.8 Å². The fraction of sp³-hybridized carbons (Fsp3) is 0.690. The van der Waals surface area contributed by atoms with Crippen molar-refractivity contribution in [3.05, 3.63) is 122 Å². The molecule has 0 radical (unpaired) electrons. The van der Waals surface area contributed by atoms with Crippen LogP contribution in [0.2, 0.25) is 0 Å². The molecular weight excluding hydrogens is 1020 g/mol. The third-order valence-electron chi connectivity index (χ3n) is 13.9. The summed E-state index contributed by atoms with van der Waals surface area (Å²) in [6, 6.07) is -0.882. The highest BCUT2D eigenvalue weighted by Gasteiger charge is 2.30. The molecule has 9 nitrogen and oxygen atoms in total. The number of hydrogen-bond donors (Lipinski definition) is 2. The van der Waals surface area contributed by atoms with Crippen LogP contribution in [0.5, 0.6) is 0 Å². The zero-order valence-electron chi connectivity index (χ0n) is 53.0. The Morgan fingerprint density at radius 2 is 0.802 bits per heavy atom. The van der Waals surface area contributed by atoms with Gasteiger partial charge < -0.3 is 19.4 Å². The predicted octanol–water partition coefficient (Wildman–Crippen LogP) is 20.7. The molecule has 0 aromatic heterocycles. The van der Waals surface area contributed by atoms with E-state index in [1.165, 1.54) is 116 Å². The van der Waals surface area contributed by atoms with Crippen LogP contribution in [-0.4, -0.2) is 74.3 Å². The number of ether oxygens (including phenoxy) is 1. The van der Waals surface area contributed by atoms with Crippen LogP contribution in [0.1, 0.15) is 265 Å². The minimum atomic E-state index is -4.47. The average molecular weight is 1150 g/mol. The Kier molecular flexibility index (Phi) is 56.9. The number of hydrogen-bond acceptors (Lipinski definition) is 6. The van der Waals surface area contributed by atoms with E-state index in [1.54, 1.807) is 0 Å². The summed E-state index contributed by atoms with van der Waals surface area (Å²) in [5.74, 6) is -0.582. The van der Waals surface area contributed by atoms with E-state index in [0.29, 0.717) is 23.9 Å². The molecule has 0 aromatic rings. The summed E-state index contributed by atoms with van der Waals surface area (Å²) in [7, 11) is 1.45. The van der Waals surface area contributed by atoms with Gasteiger partial charge in [-0.05, 0) is 115 Å². The Balaban J connectivity index is 5.27. The van der Waals surface area contributed by atoms with Crippen LogP contribution >= 0.6 is 7.82 Å². The van der Waals surface area contributed by atoms with E-state index < -0.39 is 20.0 Å². The van der Waals surface area contributed by atoms with E-state index in [0.717, 1.165) is 109 Å². The molecule has 81 heavy (non-hydrogen) atoms. The number of phosphoric ester groups is 1. The van der Waals surface area contributed by atoms with Gasteiger partial charge in [0.25, 0.3) is 0 Å². The van der Waals surface area contributed by atoms with Gasteiger partial charge in [-0.15, -0.1) is 0 Å². The number of allylic oxidation sites excluding steroid dienone is 19.